The van der Waals surface area contributed by atoms with Crippen molar-refractivity contribution in [3.05, 3.63) is 125 Å². The molecule has 2 aromatic heterocycles. The van der Waals surface area contributed by atoms with Crippen molar-refractivity contribution in [2.75, 3.05) is 12.4 Å². The van der Waals surface area contributed by atoms with Crippen LogP contribution in [0.5, 0.6) is 5.75 Å². The van der Waals surface area contributed by atoms with Gasteiger partial charge in [-0.25, -0.2) is 9.48 Å². The van der Waals surface area contributed by atoms with E-state index in [1.54, 1.807) is 7.11 Å². The molecule has 1 atom stereocenters. The van der Waals surface area contributed by atoms with E-state index in [4.69, 9.17) is 21.4 Å². The van der Waals surface area contributed by atoms with E-state index in [2.05, 4.69) is 9.88 Å². The fraction of sp³-hybridized carbons (Fsp3) is 0.133. The highest BCUT2D eigenvalue weighted by Gasteiger charge is 2.36. The molecule has 0 saturated carbocycles. The Morgan fingerprint density at radius 1 is 1.00 bits per heavy atom. The molecular weight excluding hydrogens is 498 g/mol. The summed E-state index contributed by atoms with van der Waals surface area (Å²) in [6.45, 7) is 2.34. The summed E-state index contributed by atoms with van der Waals surface area (Å²) in [6.07, 6.45) is 2.02. The van der Waals surface area contributed by atoms with Crippen LogP contribution in [0, 0.1) is 6.92 Å². The second kappa shape index (κ2) is 9.76. The van der Waals surface area contributed by atoms with E-state index in [9.17, 15) is 4.79 Å². The fourth-order valence-electron chi connectivity index (χ4n) is 5.05. The summed E-state index contributed by atoms with van der Waals surface area (Å²) in [4.78, 5) is 15.8. The standard InChI is InChI=1S/C30H26ClN5O2/c1-20-26-19-35(30(37)32-23-13-15-25(38-2)16-14-23)28(21-8-6-9-22(31)18-21)27-12-7-17-34(27)29(26)36(33-20)24-10-4-3-5-11-24/h3-18,28H,19H2,1-2H3,(H,32,37)/t28-/m1/s1. The lowest BCUT2D eigenvalue weighted by molar-refractivity contribution is 0.194. The molecule has 0 radical (unpaired) electrons. The number of aromatic nitrogens is 3. The minimum atomic E-state index is -0.391. The molecule has 0 spiro atoms. The number of amides is 2. The third kappa shape index (κ3) is 4.21. The molecule has 6 rings (SSSR count). The Bertz CT molecular complexity index is 1610. The molecule has 1 aliphatic heterocycles. The zero-order valence-electron chi connectivity index (χ0n) is 21.0. The molecule has 1 aliphatic rings. The highest BCUT2D eigenvalue weighted by molar-refractivity contribution is 6.30. The molecule has 38 heavy (non-hydrogen) atoms. The average molecular weight is 524 g/mol. The van der Waals surface area contributed by atoms with Gasteiger partial charge < -0.3 is 19.5 Å². The van der Waals surface area contributed by atoms with Gasteiger partial charge in [0.2, 0.25) is 0 Å². The molecule has 0 unspecified atom stereocenters. The van der Waals surface area contributed by atoms with Crippen LogP contribution in [0.15, 0.2) is 97.2 Å². The third-order valence-electron chi connectivity index (χ3n) is 6.85. The number of ether oxygens (including phenoxy) is 1. The number of para-hydroxylation sites is 1. The minimum absolute atomic E-state index is 0.229. The van der Waals surface area contributed by atoms with E-state index in [1.807, 2.05) is 114 Å². The van der Waals surface area contributed by atoms with Crippen LogP contribution in [-0.2, 0) is 6.54 Å². The highest BCUT2D eigenvalue weighted by atomic mass is 35.5. The number of rotatable bonds is 4. The molecule has 5 aromatic rings. The molecule has 1 N–H and O–H groups in total. The number of halogens is 1. The second-order valence-corrected chi connectivity index (χ2v) is 9.62. The third-order valence-corrected chi connectivity index (χ3v) is 7.09. The number of carbonyl (C=O) groups excluding carboxylic acids is 1. The summed E-state index contributed by atoms with van der Waals surface area (Å²) in [5.41, 5.74) is 5.32. The van der Waals surface area contributed by atoms with Gasteiger partial charge in [-0.05, 0) is 73.2 Å². The SMILES string of the molecule is COc1ccc(NC(=O)N2Cc3c(C)nn(-c4ccccc4)c3-n3cccc3[C@H]2c2cccc(Cl)c2)cc1. The predicted molar refractivity (Wildman–Crippen MR) is 148 cm³/mol. The topological polar surface area (TPSA) is 64.3 Å². The number of benzene rings is 3. The van der Waals surface area contributed by atoms with Gasteiger partial charge >= 0.3 is 6.03 Å². The van der Waals surface area contributed by atoms with Crippen molar-refractivity contribution in [3.63, 3.8) is 0 Å². The largest absolute Gasteiger partial charge is 0.497 e. The van der Waals surface area contributed by atoms with Gasteiger partial charge in [0.1, 0.15) is 11.6 Å². The van der Waals surface area contributed by atoms with E-state index >= 15 is 0 Å². The van der Waals surface area contributed by atoms with Crippen LogP contribution in [0.4, 0.5) is 10.5 Å². The molecule has 3 aromatic carbocycles. The van der Waals surface area contributed by atoms with Gasteiger partial charge in [-0.1, -0.05) is 41.9 Å². The first-order valence-electron chi connectivity index (χ1n) is 12.3. The number of fused-ring (bicyclic) bond motifs is 3. The van der Waals surface area contributed by atoms with Crippen molar-refractivity contribution in [2.24, 2.45) is 0 Å². The Balaban J connectivity index is 1.51. The molecular formula is C30H26ClN5O2. The van der Waals surface area contributed by atoms with Gasteiger partial charge in [0.05, 0.1) is 36.8 Å². The van der Waals surface area contributed by atoms with Crippen molar-refractivity contribution in [3.8, 4) is 17.3 Å². The maximum atomic E-state index is 14.0. The Labute approximate surface area is 225 Å². The Hall–Kier alpha value is -4.49. The maximum Gasteiger partial charge on any atom is 0.322 e. The minimum Gasteiger partial charge on any atom is -0.497 e. The lowest BCUT2D eigenvalue weighted by Crippen LogP contribution is -2.38. The van der Waals surface area contributed by atoms with E-state index in [0.717, 1.165) is 39.8 Å². The quantitative estimate of drug-likeness (QED) is 0.283. The fourth-order valence-corrected chi connectivity index (χ4v) is 5.25. The van der Waals surface area contributed by atoms with Crippen LogP contribution in [0.25, 0.3) is 11.5 Å². The monoisotopic (exact) mass is 523 g/mol. The number of hydrogen-bond acceptors (Lipinski definition) is 3. The normalized spacial score (nSPS) is 14.4. The lowest BCUT2D eigenvalue weighted by atomic mass is 10.0. The van der Waals surface area contributed by atoms with E-state index in [0.29, 0.717) is 17.3 Å². The number of anilines is 1. The summed E-state index contributed by atoms with van der Waals surface area (Å²) in [5.74, 6) is 1.64. The van der Waals surface area contributed by atoms with Crippen LogP contribution in [0.1, 0.15) is 28.6 Å². The van der Waals surface area contributed by atoms with Crippen molar-refractivity contribution < 1.29 is 9.53 Å². The molecule has 0 bridgehead atoms. The van der Waals surface area contributed by atoms with E-state index in [1.165, 1.54) is 0 Å². The summed E-state index contributed by atoms with van der Waals surface area (Å²) < 4.78 is 9.35. The Morgan fingerprint density at radius 2 is 1.79 bits per heavy atom. The molecule has 0 saturated heterocycles. The number of carbonyl (C=O) groups is 1. The second-order valence-electron chi connectivity index (χ2n) is 9.18. The van der Waals surface area contributed by atoms with Crippen LogP contribution in [0.3, 0.4) is 0 Å². The lowest BCUT2D eigenvalue weighted by Gasteiger charge is -2.31. The molecule has 190 valence electrons. The number of hydrogen-bond donors (Lipinski definition) is 1. The summed E-state index contributed by atoms with van der Waals surface area (Å²) in [6, 6.07) is 28.5. The number of methoxy groups -OCH3 is 1. The number of nitrogens with zero attached hydrogens (tertiary/aromatic N) is 4. The maximum absolute atomic E-state index is 14.0. The van der Waals surface area contributed by atoms with Crippen LogP contribution in [0.2, 0.25) is 5.02 Å². The van der Waals surface area contributed by atoms with Crippen molar-refractivity contribution >= 4 is 23.3 Å². The van der Waals surface area contributed by atoms with Crippen molar-refractivity contribution in [2.45, 2.75) is 19.5 Å². The predicted octanol–water partition coefficient (Wildman–Crippen LogP) is 6.77. The van der Waals surface area contributed by atoms with Crippen LogP contribution < -0.4 is 10.1 Å². The van der Waals surface area contributed by atoms with Gasteiger partial charge in [0, 0.05) is 22.5 Å². The highest BCUT2D eigenvalue weighted by Crippen LogP contribution is 2.39. The molecule has 0 fully saturated rings. The average Bonchev–Trinajstić information content (AvgIpc) is 3.50. The molecule has 0 aliphatic carbocycles. The summed E-state index contributed by atoms with van der Waals surface area (Å²) >= 11 is 6.44. The summed E-state index contributed by atoms with van der Waals surface area (Å²) in [7, 11) is 1.62. The molecule has 3 heterocycles. The van der Waals surface area contributed by atoms with E-state index < -0.39 is 6.04 Å². The van der Waals surface area contributed by atoms with Crippen LogP contribution >= 0.6 is 11.6 Å². The number of urea groups is 1. The number of aryl methyl sites for hydroxylation is 1. The van der Waals surface area contributed by atoms with Gasteiger partial charge in [0.25, 0.3) is 0 Å². The molecule has 8 heteroatoms. The molecule has 2 amide bonds. The first-order valence-corrected chi connectivity index (χ1v) is 12.7. The van der Waals surface area contributed by atoms with Gasteiger partial charge in [0.15, 0.2) is 0 Å². The van der Waals surface area contributed by atoms with Gasteiger partial charge in [-0.2, -0.15) is 5.10 Å². The van der Waals surface area contributed by atoms with Crippen molar-refractivity contribution in [1.29, 1.82) is 0 Å². The van der Waals surface area contributed by atoms with E-state index in [-0.39, 0.29) is 6.03 Å². The summed E-state index contributed by atoms with van der Waals surface area (Å²) in [5, 5.41) is 8.59. The van der Waals surface area contributed by atoms with Gasteiger partial charge in [-0.3, -0.25) is 0 Å². The first-order chi connectivity index (χ1) is 18.5. The Kier molecular flexibility index (Phi) is 6.13. The van der Waals surface area contributed by atoms with Crippen molar-refractivity contribution in [1.82, 2.24) is 19.2 Å². The smallest absolute Gasteiger partial charge is 0.322 e. The van der Waals surface area contributed by atoms with Gasteiger partial charge in [-0.15, -0.1) is 0 Å². The molecule has 7 nitrogen and oxygen atoms in total. The zero-order valence-corrected chi connectivity index (χ0v) is 21.8. The number of nitrogens with one attached hydrogen (secondary N) is 1. The zero-order chi connectivity index (χ0) is 26.2. The Morgan fingerprint density at radius 3 is 2.53 bits per heavy atom. The van der Waals surface area contributed by atoms with Crippen LogP contribution in [-0.4, -0.2) is 32.4 Å². The first kappa shape index (κ1) is 23.9.